The number of carbonyl (C=O) groups is 1. The molecule has 2 saturated heterocycles. The number of rotatable bonds is 11. The van der Waals surface area contributed by atoms with Gasteiger partial charge in [0.05, 0.1) is 29.0 Å². The second kappa shape index (κ2) is 12.1. The summed E-state index contributed by atoms with van der Waals surface area (Å²) >= 11 is 0. The maximum Gasteiger partial charge on any atom is 0.407 e. The number of nitrogens with zero attached hydrogens (tertiary/aromatic N) is 2. The second-order valence-corrected chi connectivity index (χ2v) is 11.2. The third-order valence-electron chi connectivity index (χ3n) is 6.75. The van der Waals surface area contributed by atoms with Crippen LogP contribution < -0.4 is 5.32 Å². The van der Waals surface area contributed by atoms with Gasteiger partial charge in [0, 0.05) is 31.3 Å². The highest BCUT2D eigenvalue weighted by Gasteiger charge is 2.44. The summed E-state index contributed by atoms with van der Waals surface area (Å²) < 4.78 is 44.2. The van der Waals surface area contributed by atoms with Crippen molar-refractivity contribution in [2.24, 2.45) is 5.92 Å². The van der Waals surface area contributed by atoms with Gasteiger partial charge in [-0.1, -0.05) is 19.1 Å². The van der Waals surface area contributed by atoms with Crippen LogP contribution in [0, 0.1) is 16.0 Å². The molecule has 2 aliphatic heterocycles. The fourth-order valence-corrected chi connectivity index (χ4v) is 6.13. The van der Waals surface area contributed by atoms with Gasteiger partial charge in [0.2, 0.25) is 10.0 Å². The van der Waals surface area contributed by atoms with Crippen molar-refractivity contribution in [1.82, 2.24) is 9.62 Å². The number of nitro groups is 1. The van der Waals surface area contributed by atoms with Gasteiger partial charge in [-0.15, -0.1) is 0 Å². The van der Waals surface area contributed by atoms with Crippen LogP contribution in [-0.4, -0.2) is 73.6 Å². The summed E-state index contributed by atoms with van der Waals surface area (Å²) in [6.07, 6.45) is -0.164. The Kier molecular flexibility index (Phi) is 8.82. The molecular formula is C25H31N3O9S. The first kappa shape index (κ1) is 27.8. The van der Waals surface area contributed by atoms with Crippen molar-refractivity contribution in [3.05, 3.63) is 64.2 Å². The van der Waals surface area contributed by atoms with Gasteiger partial charge in [-0.3, -0.25) is 10.1 Å². The fraction of sp³-hybridized carbons (Fsp3) is 0.480. The molecule has 12 nitrogen and oxygen atoms in total. The molecule has 0 radical (unpaired) electrons. The number of amides is 1. The van der Waals surface area contributed by atoms with Gasteiger partial charge in [-0.05, 0) is 49.1 Å². The summed E-state index contributed by atoms with van der Waals surface area (Å²) in [5.74, 6) is -0.0686. The average Bonchev–Trinajstić information content (AvgIpc) is 3.50. The molecule has 0 aromatic heterocycles. The zero-order valence-corrected chi connectivity index (χ0v) is 21.7. The largest absolute Gasteiger partial charge is 0.508 e. The minimum absolute atomic E-state index is 0.0279. The predicted octanol–water partition coefficient (Wildman–Crippen LogP) is 2.80. The molecule has 38 heavy (non-hydrogen) atoms. The number of phenolic OH excluding ortho intramolecular Hbond substituents is 1. The quantitative estimate of drug-likeness (QED) is 0.318. The number of non-ortho nitro benzene ring substituents is 1. The molecule has 2 heterocycles. The molecule has 2 aliphatic rings. The number of carbonyl (C=O) groups excluding carboxylic acids is 1. The molecule has 4 rings (SSSR count). The molecule has 1 amide bonds. The summed E-state index contributed by atoms with van der Waals surface area (Å²) in [5.41, 5.74) is 0.684. The number of aromatic hydroxyl groups is 1. The van der Waals surface area contributed by atoms with E-state index in [1.807, 2.05) is 0 Å². The number of hydrogen-bond acceptors (Lipinski definition) is 9. The number of alkyl carbamates (subject to hydrolysis) is 1. The van der Waals surface area contributed by atoms with Gasteiger partial charge < -0.3 is 24.6 Å². The average molecular weight is 550 g/mol. The number of ether oxygens (including phenoxy) is 3. The van der Waals surface area contributed by atoms with E-state index in [2.05, 4.69) is 5.32 Å². The SMILES string of the molecule is CCN(CC[C@H](Cc1ccc([N+](=O)[O-])cc1)NC(=O)O[C@H]1CO[C@H]2OCC[C@H]21)S(=O)(=O)c1ccc(O)cc1. The van der Waals surface area contributed by atoms with Crippen molar-refractivity contribution in [2.75, 3.05) is 26.3 Å². The van der Waals surface area contributed by atoms with E-state index >= 15 is 0 Å². The van der Waals surface area contributed by atoms with Crippen LogP contribution in [0.25, 0.3) is 0 Å². The molecule has 0 spiro atoms. The summed E-state index contributed by atoms with van der Waals surface area (Å²) in [7, 11) is -3.84. The highest BCUT2D eigenvalue weighted by Crippen LogP contribution is 2.33. The van der Waals surface area contributed by atoms with Crippen molar-refractivity contribution in [1.29, 1.82) is 0 Å². The first-order chi connectivity index (χ1) is 18.2. The molecule has 2 fully saturated rings. The van der Waals surface area contributed by atoms with E-state index in [0.29, 0.717) is 13.0 Å². The zero-order chi connectivity index (χ0) is 27.3. The van der Waals surface area contributed by atoms with Crippen molar-refractivity contribution < 1.29 is 37.5 Å². The van der Waals surface area contributed by atoms with E-state index in [1.54, 1.807) is 19.1 Å². The van der Waals surface area contributed by atoms with Crippen LogP contribution >= 0.6 is 0 Å². The van der Waals surface area contributed by atoms with E-state index in [0.717, 1.165) is 12.0 Å². The smallest absolute Gasteiger partial charge is 0.407 e. The number of nitro benzene ring substituents is 1. The Morgan fingerprint density at radius 2 is 1.92 bits per heavy atom. The van der Waals surface area contributed by atoms with Gasteiger partial charge >= 0.3 is 6.09 Å². The van der Waals surface area contributed by atoms with Crippen LogP contribution in [0.3, 0.4) is 0 Å². The summed E-state index contributed by atoms with van der Waals surface area (Å²) in [5, 5.41) is 23.3. The molecule has 206 valence electrons. The summed E-state index contributed by atoms with van der Waals surface area (Å²) in [6.45, 7) is 2.79. The third-order valence-corrected chi connectivity index (χ3v) is 8.74. The highest BCUT2D eigenvalue weighted by molar-refractivity contribution is 7.89. The minimum atomic E-state index is -3.84. The zero-order valence-electron chi connectivity index (χ0n) is 20.9. The molecule has 0 bridgehead atoms. The normalized spacial score (nSPS) is 21.7. The van der Waals surface area contributed by atoms with Crippen LogP contribution in [0.5, 0.6) is 5.75 Å². The van der Waals surface area contributed by atoms with Crippen LogP contribution in [0.4, 0.5) is 10.5 Å². The maximum atomic E-state index is 13.1. The lowest BCUT2D eigenvalue weighted by Crippen LogP contribution is -2.42. The number of nitrogens with one attached hydrogen (secondary N) is 1. The van der Waals surface area contributed by atoms with Crippen LogP contribution in [-0.2, 0) is 30.7 Å². The van der Waals surface area contributed by atoms with E-state index in [1.165, 1.54) is 40.7 Å². The Labute approximate surface area is 220 Å². The molecule has 0 unspecified atom stereocenters. The van der Waals surface area contributed by atoms with Crippen molar-refractivity contribution in [2.45, 2.75) is 49.5 Å². The summed E-state index contributed by atoms with van der Waals surface area (Å²) in [4.78, 5) is 23.4. The Hall–Kier alpha value is -3.26. The Morgan fingerprint density at radius 3 is 2.58 bits per heavy atom. The van der Waals surface area contributed by atoms with Gasteiger partial charge in [0.25, 0.3) is 5.69 Å². The predicted molar refractivity (Wildman–Crippen MR) is 135 cm³/mol. The first-order valence-corrected chi connectivity index (χ1v) is 13.8. The molecule has 13 heteroatoms. The fourth-order valence-electron chi connectivity index (χ4n) is 4.66. The van der Waals surface area contributed by atoms with E-state index in [9.17, 15) is 28.4 Å². The van der Waals surface area contributed by atoms with Gasteiger partial charge in [0.1, 0.15) is 11.9 Å². The molecule has 4 atom stereocenters. The molecular weight excluding hydrogens is 518 g/mol. The van der Waals surface area contributed by atoms with Crippen molar-refractivity contribution in [3.8, 4) is 5.75 Å². The van der Waals surface area contributed by atoms with E-state index in [4.69, 9.17) is 14.2 Å². The molecule has 2 aromatic carbocycles. The van der Waals surface area contributed by atoms with Crippen LogP contribution in [0.2, 0.25) is 0 Å². The van der Waals surface area contributed by atoms with Crippen LogP contribution in [0.1, 0.15) is 25.3 Å². The number of sulfonamides is 1. The lowest BCUT2D eigenvalue weighted by atomic mass is 10.0. The minimum Gasteiger partial charge on any atom is -0.508 e. The second-order valence-electron chi connectivity index (χ2n) is 9.22. The first-order valence-electron chi connectivity index (χ1n) is 12.4. The number of phenols is 1. The van der Waals surface area contributed by atoms with E-state index < -0.39 is 33.2 Å². The van der Waals surface area contributed by atoms with Crippen molar-refractivity contribution in [3.63, 3.8) is 0 Å². The Bertz CT molecular complexity index is 1220. The molecule has 2 aromatic rings. The number of fused-ring (bicyclic) bond motifs is 1. The molecule has 0 saturated carbocycles. The highest BCUT2D eigenvalue weighted by atomic mass is 32.2. The number of benzene rings is 2. The van der Waals surface area contributed by atoms with Crippen LogP contribution in [0.15, 0.2) is 53.4 Å². The van der Waals surface area contributed by atoms with Gasteiger partial charge in [-0.2, -0.15) is 4.31 Å². The lowest BCUT2D eigenvalue weighted by Gasteiger charge is -2.25. The van der Waals surface area contributed by atoms with Gasteiger partial charge in [-0.25, -0.2) is 13.2 Å². The molecule has 0 aliphatic carbocycles. The lowest BCUT2D eigenvalue weighted by molar-refractivity contribution is -0.384. The Morgan fingerprint density at radius 1 is 1.21 bits per heavy atom. The number of hydrogen-bond donors (Lipinski definition) is 2. The topological polar surface area (TPSA) is 158 Å². The van der Waals surface area contributed by atoms with E-state index in [-0.39, 0.29) is 54.7 Å². The van der Waals surface area contributed by atoms with Gasteiger partial charge in [0.15, 0.2) is 6.29 Å². The molecule has 2 N–H and O–H groups in total. The summed E-state index contributed by atoms with van der Waals surface area (Å²) in [6, 6.07) is 10.7. The van der Waals surface area contributed by atoms with Crippen molar-refractivity contribution >= 4 is 21.8 Å². The maximum absolute atomic E-state index is 13.1. The third kappa shape index (κ3) is 6.59. The standard InChI is InChI=1S/C25H31N3O9S/c1-2-27(38(33,34)21-9-7-20(29)8-10-21)13-11-18(15-17-3-5-19(6-4-17)28(31)32)26-25(30)37-23-16-36-24-22(23)12-14-35-24/h3-10,18,22-24,29H,2,11-16H2,1H3,(H,26,30)/t18-,22+,23+,24-/m1/s1. The Balaban J connectivity index is 1.45. The monoisotopic (exact) mass is 549 g/mol.